The molecule has 0 fully saturated rings. The lowest BCUT2D eigenvalue weighted by atomic mass is 10.1. The second-order valence-corrected chi connectivity index (χ2v) is 3.51. The highest BCUT2D eigenvalue weighted by atomic mass is 19.1. The summed E-state index contributed by atoms with van der Waals surface area (Å²) in [5.74, 6) is 0.146. The van der Waals surface area contributed by atoms with Crippen LogP contribution in [0.5, 0.6) is 0 Å². The molecule has 78 valence electrons. The Morgan fingerprint density at radius 2 is 2.20 bits per heavy atom. The van der Waals surface area contributed by atoms with E-state index < -0.39 is 0 Å². The minimum atomic E-state index is -0.355. The predicted molar refractivity (Wildman–Crippen MR) is 55.1 cm³/mol. The highest BCUT2D eigenvalue weighted by Gasteiger charge is 2.21. The molecule has 1 aromatic carbocycles. The van der Waals surface area contributed by atoms with Crippen molar-refractivity contribution in [1.82, 2.24) is 5.32 Å². The first-order chi connectivity index (χ1) is 7.16. The van der Waals surface area contributed by atoms with Gasteiger partial charge in [-0.05, 0) is 18.6 Å². The Morgan fingerprint density at radius 3 is 2.80 bits per heavy atom. The number of amides is 1. The topological polar surface area (TPSA) is 41.5 Å². The summed E-state index contributed by atoms with van der Waals surface area (Å²) in [6, 6.07) is 6.13. The van der Waals surface area contributed by atoms with Gasteiger partial charge in [0.15, 0.2) is 0 Å². The van der Waals surface area contributed by atoms with Crippen LogP contribution in [0, 0.1) is 5.82 Å². The lowest BCUT2D eigenvalue weighted by Gasteiger charge is -2.02. The van der Waals surface area contributed by atoms with E-state index in [1.54, 1.807) is 25.1 Å². The summed E-state index contributed by atoms with van der Waals surface area (Å²) >= 11 is 0. The molecule has 0 spiro atoms. The van der Waals surface area contributed by atoms with Crippen LogP contribution in [-0.2, 0) is 11.2 Å². The van der Waals surface area contributed by atoms with Crippen molar-refractivity contribution in [2.75, 3.05) is 0 Å². The zero-order valence-electron chi connectivity index (χ0n) is 8.33. The van der Waals surface area contributed by atoms with Crippen LogP contribution < -0.4 is 5.32 Å². The number of nitrogens with zero attached hydrogens (tertiary/aromatic N) is 1. The Kier molecular flexibility index (Phi) is 2.49. The van der Waals surface area contributed by atoms with Crippen molar-refractivity contribution in [3.05, 3.63) is 35.6 Å². The second-order valence-electron chi connectivity index (χ2n) is 3.51. The first-order valence-electron chi connectivity index (χ1n) is 4.78. The van der Waals surface area contributed by atoms with Gasteiger partial charge in [0.25, 0.3) is 0 Å². The Bertz CT molecular complexity index is 428. The first kappa shape index (κ1) is 9.83. The van der Waals surface area contributed by atoms with E-state index in [2.05, 4.69) is 10.3 Å². The van der Waals surface area contributed by atoms with Crippen LogP contribution in [-0.4, -0.2) is 17.8 Å². The van der Waals surface area contributed by atoms with Crippen molar-refractivity contribution in [1.29, 1.82) is 0 Å². The first-order valence-corrected chi connectivity index (χ1v) is 4.78. The molecule has 1 aromatic rings. The van der Waals surface area contributed by atoms with Crippen molar-refractivity contribution in [2.45, 2.75) is 19.4 Å². The third-order valence-electron chi connectivity index (χ3n) is 2.31. The normalized spacial score (nSPS) is 20.0. The molecule has 1 amide bonds. The molecule has 0 saturated heterocycles. The lowest BCUT2D eigenvalue weighted by molar-refractivity contribution is -0.119. The summed E-state index contributed by atoms with van der Waals surface area (Å²) in [6.07, 6.45) is 0.336. The van der Waals surface area contributed by atoms with Gasteiger partial charge in [-0.25, -0.2) is 4.39 Å². The van der Waals surface area contributed by atoms with Gasteiger partial charge < -0.3 is 5.32 Å². The third kappa shape index (κ3) is 2.03. The standard InChI is InChI=1S/C11H11FN2O/c1-7-11(15)14-10(13-7)6-8-4-2-3-5-9(8)12/h2-5,7H,6H2,1H3,(H,13,14,15). The van der Waals surface area contributed by atoms with Crippen LogP contribution in [0.15, 0.2) is 29.3 Å². The Hall–Kier alpha value is -1.71. The average molecular weight is 206 g/mol. The molecular formula is C11H11FN2O. The van der Waals surface area contributed by atoms with Gasteiger partial charge >= 0.3 is 0 Å². The van der Waals surface area contributed by atoms with Gasteiger partial charge in [-0.2, -0.15) is 0 Å². The zero-order chi connectivity index (χ0) is 10.8. The van der Waals surface area contributed by atoms with Crippen molar-refractivity contribution < 1.29 is 9.18 Å². The third-order valence-corrected chi connectivity index (χ3v) is 2.31. The maximum atomic E-state index is 13.3. The fourth-order valence-electron chi connectivity index (χ4n) is 1.48. The number of carbonyl (C=O) groups excluding carboxylic acids is 1. The summed E-state index contributed by atoms with van der Waals surface area (Å²) in [4.78, 5) is 15.2. The maximum Gasteiger partial charge on any atom is 0.249 e. The highest BCUT2D eigenvalue weighted by molar-refractivity contribution is 6.06. The van der Waals surface area contributed by atoms with E-state index in [0.29, 0.717) is 17.8 Å². The van der Waals surface area contributed by atoms with Gasteiger partial charge in [0.1, 0.15) is 17.7 Å². The fourth-order valence-corrected chi connectivity index (χ4v) is 1.48. The molecule has 2 rings (SSSR count). The van der Waals surface area contributed by atoms with E-state index in [9.17, 15) is 9.18 Å². The molecule has 0 bridgehead atoms. The van der Waals surface area contributed by atoms with Gasteiger partial charge in [0.05, 0.1) is 0 Å². The van der Waals surface area contributed by atoms with E-state index in [-0.39, 0.29) is 17.8 Å². The molecule has 0 radical (unpaired) electrons. The minimum Gasteiger partial charge on any atom is -0.312 e. The van der Waals surface area contributed by atoms with Crippen molar-refractivity contribution in [2.24, 2.45) is 4.99 Å². The number of carbonyl (C=O) groups is 1. The van der Waals surface area contributed by atoms with E-state index in [4.69, 9.17) is 0 Å². The van der Waals surface area contributed by atoms with Crippen LogP contribution in [0.4, 0.5) is 4.39 Å². The summed E-state index contributed by atoms with van der Waals surface area (Å²) in [6.45, 7) is 1.71. The number of benzene rings is 1. The Morgan fingerprint density at radius 1 is 1.47 bits per heavy atom. The van der Waals surface area contributed by atoms with Crippen LogP contribution >= 0.6 is 0 Å². The van der Waals surface area contributed by atoms with E-state index in [1.807, 2.05) is 0 Å². The average Bonchev–Trinajstić information content (AvgIpc) is 2.50. The summed E-state index contributed by atoms with van der Waals surface area (Å²) in [5, 5.41) is 2.62. The van der Waals surface area contributed by atoms with Crippen molar-refractivity contribution >= 4 is 11.7 Å². The number of hydrogen-bond donors (Lipinski definition) is 1. The largest absolute Gasteiger partial charge is 0.312 e. The van der Waals surface area contributed by atoms with Crippen LogP contribution in [0.2, 0.25) is 0 Å². The lowest BCUT2D eigenvalue weighted by Crippen LogP contribution is -2.28. The number of halogens is 1. The van der Waals surface area contributed by atoms with Gasteiger partial charge in [-0.3, -0.25) is 9.79 Å². The number of nitrogens with one attached hydrogen (secondary N) is 1. The van der Waals surface area contributed by atoms with Crippen LogP contribution in [0.25, 0.3) is 0 Å². The number of aliphatic imine (C=N–C) groups is 1. The molecule has 15 heavy (non-hydrogen) atoms. The molecule has 0 aromatic heterocycles. The number of hydrogen-bond acceptors (Lipinski definition) is 2. The van der Waals surface area contributed by atoms with Crippen molar-refractivity contribution in [3.63, 3.8) is 0 Å². The molecule has 1 heterocycles. The van der Waals surface area contributed by atoms with Crippen molar-refractivity contribution in [3.8, 4) is 0 Å². The molecule has 4 heteroatoms. The molecule has 1 unspecified atom stereocenters. The van der Waals surface area contributed by atoms with Crippen LogP contribution in [0.3, 0.4) is 0 Å². The fraction of sp³-hybridized carbons (Fsp3) is 0.273. The highest BCUT2D eigenvalue weighted by Crippen LogP contribution is 2.09. The van der Waals surface area contributed by atoms with Gasteiger partial charge in [0.2, 0.25) is 5.91 Å². The van der Waals surface area contributed by atoms with Crippen LogP contribution in [0.1, 0.15) is 12.5 Å². The predicted octanol–water partition coefficient (Wildman–Crippen LogP) is 1.28. The van der Waals surface area contributed by atoms with Gasteiger partial charge in [-0.15, -0.1) is 0 Å². The monoisotopic (exact) mass is 206 g/mol. The molecule has 0 saturated carbocycles. The SMILES string of the molecule is CC1N=C(Cc2ccccc2F)NC1=O. The van der Waals surface area contributed by atoms with E-state index in [1.165, 1.54) is 6.07 Å². The zero-order valence-corrected chi connectivity index (χ0v) is 8.33. The van der Waals surface area contributed by atoms with E-state index in [0.717, 1.165) is 0 Å². The summed E-state index contributed by atoms with van der Waals surface area (Å²) in [5.41, 5.74) is 0.547. The van der Waals surface area contributed by atoms with Gasteiger partial charge in [-0.1, -0.05) is 18.2 Å². The number of amidine groups is 1. The Balaban J connectivity index is 2.14. The molecule has 3 nitrogen and oxygen atoms in total. The quantitative estimate of drug-likeness (QED) is 0.778. The smallest absolute Gasteiger partial charge is 0.249 e. The molecule has 1 atom stereocenters. The molecular weight excluding hydrogens is 195 g/mol. The molecule has 1 aliphatic heterocycles. The molecule has 1 aliphatic rings. The maximum absolute atomic E-state index is 13.3. The second kappa shape index (κ2) is 3.81. The Labute approximate surface area is 87.0 Å². The van der Waals surface area contributed by atoms with E-state index >= 15 is 0 Å². The summed E-state index contributed by atoms with van der Waals surface area (Å²) < 4.78 is 13.3. The number of rotatable bonds is 2. The molecule has 0 aliphatic carbocycles. The van der Waals surface area contributed by atoms with Gasteiger partial charge in [0, 0.05) is 6.42 Å². The summed E-state index contributed by atoms with van der Waals surface area (Å²) in [7, 11) is 0. The molecule has 1 N–H and O–H groups in total. The minimum absolute atomic E-state index is 0.124.